The van der Waals surface area contributed by atoms with Crippen LogP contribution in [0.2, 0.25) is 0 Å². The molecule has 0 N–H and O–H groups in total. The molecule has 32 heavy (non-hydrogen) atoms. The minimum absolute atomic E-state index is 0.876. The van der Waals surface area contributed by atoms with Crippen LogP contribution in [0.3, 0.4) is 0 Å². The monoisotopic (exact) mass is 741 g/mol. The van der Waals surface area contributed by atoms with Crippen molar-refractivity contribution in [1.29, 1.82) is 0 Å². The first kappa shape index (κ1) is 21.9. The van der Waals surface area contributed by atoms with Crippen LogP contribution >= 0.6 is 42.0 Å². The standard InChI is InChI=1S/C26H15N2S2.HI.Pt/c1-3-13-23-17(7-1)15-25(29-23)21-11-5-9-19(27-21)20-10-6-12-22(28-20)26-16-18-8-2-4-14-24(18)30-26;;/h1-15H;1H;/q-1;;+2/p-1. The van der Waals surface area contributed by atoms with E-state index in [-0.39, 0.29) is 0 Å². The fraction of sp³-hybridized carbons (Fsp3) is 0. The van der Waals surface area contributed by atoms with Crippen LogP contribution in [0.25, 0.3) is 52.7 Å². The van der Waals surface area contributed by atoms with Crippen molar-refractivity contribution in [2.45, 2.75) is 0 Å². The molecule has 2 nitrogen and oxygen atoms in total. The smallest absolute Gasteiger partial charge is 0.0884 e. The van der Waals surface area contributed by atoms with Gasteiger partial charge in [0.1, 0.15) is 0 Å². The number of halogens is 1. The molecule has 0 amide bonds. The summed E-state index contributed by atoms with van der Waals surface area (Å²) in [5.74, 6) is 0. The summed E-state index contributed by atoms with van der Waals surface area (Å²) in [7, 11) is 0. The average Bonchev–Trinajstić information content (AvgIpc) is 3.50. The molecular formula is C26H15IN2PtS2. The molecule has 0 aliphatic carbocycles. The molecule has 0 bridgehead atoms. The number of rotatable bonds is 3. The molecule has 158 valence electrons. The Labute approximate surface area is 216 Å². The molecule has 2 aromatic carbocycles. The molecule has 0 radical (unpaired) electrons. The topological polar surface area (TPSA) is 25.8 Å². The molecular weight excluding hydrogens is 726 g/mol. The van der Waals surface area contributed by atoms with Crippen molar-refractivity contribution in [2.75, 3.05) is 0 Å². The van der Waals surface area contributed by atoms with Gasteiger partial charge in [-0.05, 0) is 45.3 Å². The van der Waals surface area contributed by atoms with Gasteiger partial charge in [-0.25, -0.2) is 16.3 Å². The first-order valence-corrected chi connectivity index (χ1v) is 17.9. The van der Waals surface area contributed by atoms with Gasteiger partial charge in [-0.1, -0.05) is 48.5 Å². The van der Waals surface area contributed by atoms with E-state index in [1.807, 2.05) is 30.3 Å². The van der Waals surface area contributed by atoms with Crippen LogP contribution in [0, 0.1) is 6.07 Å². The number of hydrogen-bond acceptors (Lipinski definition) is 4. The number of fused-ring (bicyclic) bond motifs is 2. The second kappa shape index (κ2) is 9.92. The molecule has 0 saturated heterocycles. The van der Waals surface area contributed by atoms with Crippen molar-refractivity contribution in [3.63, 3.8) is 0 Å². The summed E-state index contributed by atoms with van der Waals surface area (Å²) in [6.45, 7) is 0. The number of nitrogens with zero attached hydrogens (tertiary/aromatic N) is 2. The van der Waals surface area contributed by atoms with Crippen molar-refractivity contribution in [2.24, 2.45) is 0 Å². The van der Waals surface area contributed by atoms with Crippen LogP contribution in [0.1, 0.15) is 0 Å². The Morgan fingerprint density at radius 2 is 1.25 bits per heavy atom. The maximum Gasteiger partial charge on any atom is 0.0884 e. The summed E-state index contributed by atoms with van der Waals surface area (Å²) in [5, 5.41) is 2.39. The maximum atomic E-state index is 4.93. The number of aromatic nitrogens is 2. The van der Waals surface area contributed by atoms with Crippen LogP contribution in [0.5, 0.6) is 0 Å². The molecule has 0 saturated carbocycles. The molecule has 0 spiro atoms. The molecule has 0 atom stereocenters. The van der Waals surface area contributed by atoms with Crippen molar-refractivity contribution >= 4 is 62.2 Å². The van der Waals surface area contributed by atoms with E-state index < -0.39 is 0 Å². The van der Waals surface area contributed by atoms with Gasteiger partial charge in [-0.15, -0.1) is 34.9 Å². The van der Waals surface area contributed by atoms with Crippen LogP contribution in [0.4, 0.5) is 0 Å². The zero-order valence-electron chi connectivity index (χ0n) is 16.6. The minimum Gasteiger partial charge on any atom is -0.293 e. The van der Waals surface area contributed by atoms with Crippen LogP contribution in [-0.4, -0.2) is 9.97 Å². The molecule has 0 aliphatic rings. The Kier molecular flexibility index (Phi) is 6.79. The van der Waals surface area contributed by atoms with Gasteiger partial charge in [-0.2, -0.15) is 0 Å². The van der Waals surface area contributed by atoms with Gasteiger partial charge in [0.25, 0.3) is 0 Å². The third kappa shape index (κ3) is 4.44. The van der Waals surface area contributed by atoms with Crippen molar-refractivity contribution in [1.82, 2.24) is 9.97 Å². The third-order valence-corrected chi connectivity index (χ3v) is 7.25. The summed E-state index contributed by atoms with van der Waals surface area (Å²) in [5.41, 5.74) is 3.67. The maximum absolute atomic E-state index is 4.93. The van der Waals surface area contributed by atoms with Gasteiger partial charge in [0.15, 0.2) is 0 Å². The van der Waals surface area contributed by atoms with E-state index in [2.05, 4.69) is 102 Å². The Morgan fingerprint density at radius 3 is 2.00 bits per heavy atom. The summed E-state index contributed by atoms with van der Waals surface area (Å²) < 4.78 is 2.50. The molecule has 6 rings (SSSR count). The fourth-order valence-electron chi connectivity index (χ4n) is 3.56. The molecule has 0 aliphatic heterocycles. The predicted molar refractivity (Wildman–Crippen MR) is 142 cm³/mol. The van der Waals surface area contributed by atoms with Crippen LogP contribution in [-0.2, 0) is 16.1 Å². The van der Waals surface area contributed by atoms with E-state index in [9.17, 15) is 0 Å². The van der Waals surface area contributed by atoms with E-state index >= 15 is 0 Å². The molecule has 4 heterocycles. The molecule has 0 unspecified atom stereocenters. The number of thiophene rings is 2. The van der Waals surface area contributed by atoms with Crippen LogP contribution in [0.15, 0.2) is 91.0 Å². The van der Waals surface area contributed by atoms with Crippen LogP contribution < -0.4 is 0 Å². The van der Waals surface area contributed by atoms with Crippen molar-refractivity contribution in [3.8, 4) is 32.5 Å². The SMILES string of the molecule is [I][Pt+].[c-]1c(-c2cccc(-c3cccc(-c4cc5ccccc5s4)n3)n2)sc2ccccc12. The Bertz CT molecular complexity index is 1340. The summed E-state index contributed by atoms with van der Waals surface area (Å²) in [6.07, 6.45) is 0. The van der Waals surface area contributed by atoms with Gasteiger partial charge in [0.05, 0.1) is 22.0 Å². The van der Waals surface area contributed by atoms with E-state index in [0.29, 0.717) is 0 Å². The zero-order chi connectivity index (χ0) is 21.9. The Morgan fingerprint density at radius 1 is 0.625 bits per heavy atom. The minimum atomic E-state index is 0.876. The average molecular weight is 742 g/mol. The van der Waals surface area contributed by atoms with Gasteiger partial charge in [0.2, 0.25) is 0 Å². The van der Waals surface area contributed by atoms with E-state index in [0.717, 1.165) is 33.0 Å². The van der Waals surface area contributed by atoms with Gasteiger partial charge >= 0.3 is 35.5 Å². The van der Waals surface area contributed by atoms with Gasteiger partial charge in [-0.3, -0.25) is 4.98 Å². The fourth-order valence-corrected chi connectivity index (χ4v) is 5.57. The first-order valence-electron chi connectivity index (χ1n) is 9.80. The summed E-state index contributed by atoms with van der Waals surface area (Å²) >= 11 is 7.72. The number of pyridine rings is 2. The Hall–Kier alpha value is -1.92. The molecule has 6 aromatic rings. The molecule has 6 heteroatoms. The number of benzene rings is 2. The predicted octanol–water partition coefficient (Wildman–Crippen LogP) is 8.59. The second-order valence-electron chi connectivity index (χ2n) is 7.02. The summed E-state index contributed by atoms with van der Waals surface area (Å²) in [6, 6.07) is 34.7. The molecule has 4 aromatic heterocycles. The van der Waals surface area contributed by atoms with E-state index in [1.165, 1.54) is 19.7 Å². The first-order chi connectivity index (χ1) is 15.8. The second-order valence-corrected chi connectivity index (χ2v) is 9.15. The Balaban J connectivity index is 0.00000105. The van der Waals surface area contributed by atoms with E-state index in [4.69, 9.17) is 9.97 Å². The largest absolute Gasteiger partial charge is 0.293 e. The number of hydrogen-bond donors (Lipinski definition) is 0. The van der Waals surface area contributed by atoms with Gasteiger partial charge in [0, 0.05) is 10.4 Å². The quantitative estimate of drug-likeness (QED) is 0.134. The summed E-state index contributed by atoms with van der Waals surface area (Å²) in [4.78, 5) is 12.1. The normalized spacial score (nSPS) is 10.8. The van der Waals surface area contributed by atoms with E-state index in [1.54, 1.807) is 22.7 Å². The van der Waals surface area contributed by atoms with Crippen molar-refractivity contribution in [3.05, 3.63) is 97.1 Å². The van der Waals surface area contributed by atoms with Gasteiger partial charge < -0.3 is 0 Å². The third-order valence-electron chi connectivity index (χ3n) is 5.02. The zero-order valence-corrected chi connectivity index (χ0v) is 22.6. The van der Waals surface area contributed by atoms with Crippen molar-refractivity contribution < 1.29 is 16.1 Å². The molecule has 0 fully saturated rings.